The fourth-order valence-corrected chi connectivity index (χ4v) is 2.80. The van der Waals surface area contributed by atoms with Crippen LogP contribution in [0.3, 0.4) is 0 Å². The molecular weight excluding hydrogens is 374 g/mol. The van der Waals surface area contributed by atoms with Crippen LogP contribution in [0.25, 0.3) is 10.9 Å². The van der Waals surface area contributed by atoms with Gasteiger partial charge in [-0.3, -0.25) is 4.98 Å². The van der Waals surface area contributed by atoms with Crippen LogP contribution < -0.4 is 25.3 Å². The number of nitrogens with zero attached hydrogens (tertiary/aromatic N) is 1. The monoisotopic (exact) mass is 389 g/mol. The Balaban J connectivity index is 1.99. The lowest BCUT2D eigenvalue weighted by molar-refractivity contribution is 0.355. The topological polar surface area (TPSA) is 78.6 Å². The molecule has 6 nitrogen and oxygen atoms in total. The summed E-state index contributed by atoms with van der Waals surface area (Å²) in [5, 5.41) is 4.17. The van der Waals surface area contributed by atoms with E-state index in [1.54, 1.807) is 50.7 Å². The van der Waals surface area contributed by atoms with E-state index in [1.807, 2.05) is 6.07 Å². The van der Waals surface area contributed by atoms with E-state index in [1.165, 1.54) is 0 Å². The van der Waals surface area contributed by atoms with Crippen molar-refractivity contribution in [2.24, 2.45) is 5.73 Å². The maximum atomic E-state index is 6.31. The molecule has 3 rings (SSSR count). The standard InChI is InChI=1S/C18H16ClN3O3S/c1-23-16-8-11-13(9-17(16)24-2)21-6-5-14(11)25-15-4-3-10(7-12(15)19)22-18(20)26/h3-9H,1-2H3,(H3,20,22,26). The third-order valence-corrected chi connectivity index (χ3v) is 4.02. The van der Waals surface area contributed by atoms with E-state index in [2.05, 4.69) is 10.3 Å². The summed E-state index contributed by atoms with van der Waals surface area (Å²) in [5.74, 6) is 2.26. The summed E-state index contributed by atoms with van der Waals surface area (Å²) in [6.45, 7) is 0. The molecule has 134 valence electrons. The Morgan fingerprint density at radius 2 is 1.77 bits per heavy atom. The summed E-state index contributed by atoms with van der Waals surface area (Å²) in [7, 11) is 3.15. The van der Waals surface area contributed by atoms with Gasteiger partial charge in [-0.15, -0.1) is 0 Å². The number of halogens is 1. The number of aromatic nitrogens is 1. The van der Waals surface area contributed by atoms with Crippen LogP contribution >= 0.6 is 23.8 Å². The smallest absolute Gasteiger partial charge is 0.168 e. The fourth-order valence-electron chi connectivity index (χ4n) is 2.46. The molecule has 0 bridgehead atoms. The summed E-state index contributed by atoms with van der Waals surface area (Å²) in [5.41, 5.74) is 6.86. The van der Waals surface area contributed by atoms with E-state index in [-0.39, 0.29) is 5.11 Å². The minimum Gasteiger partial charge on any atom is -0.493 e. The molecule has 3 N–H and O–H groups in total. The number of anilines is 1. The van der Waals surface area contributed by atoms with Gasteiger partial charge in [0, 0.05) is 23.3 Å². The molecule has 1 heterocycles. The van der Waals surface area contributed by atoms with Gasteiger partial charge in [0.05, 0.1) is 24.8 Å². The van der Waals surface area contributed by atoms with Gasteiger partial charge < -0.3 is 25.3 Å². The van der Waals surface area contributed by atoms with Crippen molar-refractivity contribution in [2.75, 3.05) is 19.5 Å². The molecule has 0 spiro atoms. The van der Waals surface area contributed by atoms with Crippen LogP contribution in [0.4, 0.5) is 5.69 Å². The Kier molecular flexibility index (Phi) is 5.29. The molecule has 0 unspecified atom stereocenters. The van der Waals surface area contributed by atoms with E-state index in [9.17, 15) is 0 Å². The van der Waals surface area contributed by atoms with Gasteiger partial charge in [-0.2, -0.15) is 0 Å². The quantitative estimate of drug-likeness (QED) is 0.628. The van der Waals surface area contributed by atoms with Crippen LogP contribution in [0, 0.1) is 0 Å². The number of thiocarbonyl (C=S) groups is 1. The average molecular weight is 390 g/mol. The van der Waals surface area contributed by atoms with Crippen molar-refractivity contribution in [1.82, 2.24) is 4.98 Å². The zero-order chi connectivity index (χ0) is 18.7. The minimum absolute atomic E-state index is 0.163. The molecule has 0 saturated heterocycles. The van der Waals surface area contributed by atoms with Gasteiger partial charge in [-0.1, -0.05) is 11.6 Å². The summed E-state index contributed by atoms with van der Waals surface area (Å²) in [6.07, 6.45) is 1.65. The van der Waals surface area contributed by atoms with Crippen LogP contribution in [-0.2, 0) is 0 Å². The van der Waals surface area contributed by atoms with Crippen molar-refractivity contribution in [3.63, 3.8) is 0 Å². The third kappa shape index (κ3) is 3.74. The highest BCUT2D eigenvalue weighted by atomic mass is 35.5. The molecule has 1 aromatic heterocycles. The van der Waals surface area contributed by atoms with Crippen molar-refractivity contribution in [2.45, 2.75) is 0 Å². The molecule has 0 amide bonds. The molecule has 8 heteroatoms. The largest absolute Gasteiger partial charge is 0.493 e. The van der Waals surface area contributed by atoms with Gasteiger partial charge in [-0.25, -0.2) is 0 Å². The van der Waals surface area contributed by atoms with Crippen LogP contribution in [0.5, 0.6) is 23.0 Å². The zero-order valence-electron chi connectivity index (χ0n) is 14.1. The maximum Gasteiger partial charge on any atom is 0.168 e. The molecule has 26 heavy (non-hydrogen) atoms. The second kappa shape index (κ2) is 7.63. The van der Waals surface area contributed by atoms with Crippen molar-refractivity contribution in [1.29, 1.82) is 0 Å². The lowest BCUT2D eigenvalue weighted by Gasteiger charge is -2.13. The highest BCUT2D eigenvalue weighted by Crippen LogP contribution is 2.38. The molecule has 2 aromatic carbocycles. The molecule has 3 aromatic rings. The number of hydrogen-bond donors (Lipinski definition) is 2. The molecule has 0 aliphatic carbocycles. The number of nitrogens with two attached hydrogens (primary N) is 1. The van der Waals surface area contributed by atoms with Crippen molar-refractivity contribution >= 4 is 45.5 Å². The Labute approximate surface area is 160 Å². The Bertz CT molecular complexity index is 981. The van der Waals surface area contributed by atoms with Crippen LogP contribution in [0.15, 0.2) is 42.6 Å². The molecular formula is C18H16ClN3O3S. The lowest BCUT2D eigenvalue weighted by atomic mass is 10.2. The zero-order valence-corrected chi connectivity index (χ0v) is 15.6. The number of rotatable bonds is 5. The van der Waals surface area contributed by atoms with Crippen LogP contribution in [0.1, 0.15) is 0 Å². The first-order chi connectivity index (χ1) is 12.5. The highest BCUT2D eigenvalue weighted by molar-refractivity contribution is 7.80. The predicted octanol–water partition coefficient (Wildman–Crippen LogP) is 4.35. The fraction of sp³-hybridized carbons (Fsp3) is 0.111. The second-order valence-corrected chi connectivity index (χ2v) is 6.12. The van der Waals surface area contributed by atoms with Crippen LogP contribution in [-0.4, -0.2) is 24.3 Å². The number of fused-ring (bicyclic) bond motifs is 1. The number of methoxy groups -OCH3 is 2. The van der Waals surface area contributed by atoms with E-state index >= 15 is 0 Å². The average Bonchev–Trinajstić information content (AvgIpc) is 2.62. The van der Waals surface area contributed by atoms with E-state index in [0.29, 0.717) is 39.2 Å². The molecule has 0 fully saturated rings. The van der Waals surface area contributed by atoms with Gasteiger partial charge >= 0.3 is 0 Å². The van der Waals surface area contributed by atoms with Crippen LogP contribution in [0.2, 0.25) is 5.02 Å². The number of pyridine rings is 1. The Hall–Kier alpha value is -2.77. The van der Waals surface area contributed by atoms with Gasteiger partial charge in [0.15, 0.2) is 16.6 Å². The summed E-state index contributed by atoms with van der Waals surface area (Å²) in [6, 6.07) is 10.5. The second-order valence-electron chi connectivity index (χ2n) is 5.27. The van der Waals surface area contributed by atoms with E-state index < -0.39 is 0 Å². The molecule has 0 atom stereocenters. The Morgan fingerprint density at radius 3 is 2.42 bits per heavy atom. The van der Waals surface area contributed by atoms with E-state index in [0.717, 1.165) is 5.39 Å². The normalized spacial score (nSPS) is 10.4. The first kappa shape index (κ1) is 18.0. The Morgan fingerprint density at radius 1 is 1.04 bits per heavy atom. The van der Waals surface area contributed by atoms with Gasteiger partial charge in [0.25, 0.3) is 0 Å². The summed E-state index contributed by atoms with van der Waals surface area (Å²) >= 11 is 11.1. The molecule has 0 aliphatic rings. The van der Waals surface area contributed by atoms with Crippen molar-refractivity contribution in [3.05, 3.63) is 47.6 Å². The molecule has 0 radical (unpaired) electrons. The summed E-state index contributed by atoms with van der Waals surface area (Å²) in [4.78, 5) is 4.35. The van der Waals surface area contributed by atoms with Crippen molar-refractivity contribution in [3.8, 4) is 23.0 Å². The van der Waals surface area contributed by atoms with Gasteiger partial charge in [0.2, 0.25) is 0 Å². The lowest BCUT2D eigenvalue weighted by Crippen LogP contribution is -2.18. The highest BCUT2D eigenvalue weighted by Gasteiger charge is 2.12. The van der Waals surface area contributed by atoms with Crippen molar-refractivity contribution < 1.29 is 14.2 Å². The first-order valence-electron chi connectivity index (χ1n) is 7.56. The number of ether oxygens (including phenoxy) is 3. The first-order valence-corrected chi connectivity index (χ1v) is 8.35. The minimum atomic E-state index is 0.163. The summed E-state index contributed by atoms with van der Waals surface area (Å²) < 4.78 is 16.7. The number of hydrogen-bond acceptors (Lipinski definition) is 5. The predicted molar refractivity (Wildman–Crippen MR) is 107 cm³/mol. The third-order valence-electron chi connectivity index (χ3n) is 3.63. The number of benzene rings is 2. The SMILES string of the molecule is COc1cc2nccc(Oc3ccc(NC(N)=S)cc3Cl)c2cc1OC. The molecule has 0 saturated carbocycles. The van der Waals surface area contributed by atoms with E-state index in [4.69, 9.17) is 43.8 Å². The van der Waals surface area contributed by atoms with Gasteiger partial charge in [0.1, 0.15) is 11.5 Å². The number of nitrogens with one attached hydrogen (secondary N) is 1. The van der Waals surface area contributed by atoms with Gasteiger partial charge in [-0.05, 0) is 42.5 Å². The molecule has 0 aliphatic heterocycles. The maximum absolute atomic E-state index is 6.31.